The first-order chi connectivity index (χ1) is 32.3. The van der Waals surface area contributed by atoms with Gasteiger partial charge in [0.15, 0.2) is 0 Å². The third-order valence-corrected chi connectivity index (χ3v) is 16.0. The number of cyclic esters (lactones) is 1. The van der Waals surface area contributed by atoms with Crippen LogP contribution in [0.25, 0.3) is 33.3 Å². The molecule has 2 aromatic carbocycles. The number of nitrogens with zero attached hydrogens (tertiary/aromatic N) is 5. The average molecular weight is 949 g/mol. The standard InChI is InChI=1S/C52H67FN7O7Si/c1-11-43(61)58-22-19-52(8,30-58)49(64)57(9)45(32(3)4)47(62)56-68-29-35-23-34(28-53)24-37(25-35)36-17-18-42-39(26-36)40(46(59(42)12-2)38-15-13-20-54-44(38)33(5)66-10)27-51(6,7)31-67-48(63)41-16-14-21-60(55-41)50(68)65/h11,13,15,17-18,20,23-26,32-33,41,45,55H,1,12,14,16,19,21-22,27-31H2,2-10H3,(H,56,62)/t33-,41-,45-,52+/m0/s1. The number of esters is 1. The number of rotatable bonds is 11. The maximum atomic E-state index is 15.0. The van der Waals surface area contributed by atoms with E-state index in [-0.39, 0.29) is 55.1 Å². The minimum Gasteiger partial charge on any atom is -0.464 e. The van der Waals surface area contributed by atoms with Crippen molar-refractivity contribution in [2.75, 3.05) is 40.4 Å². The molecule has 2 saturated heterocycles. The highest BCUT2D eigenvalue weighted by molar-refractivity contribution is 6.88. The number of benzene rings is 2. The molecule has 68 heavy (non-hydrogen) atoms. The molecule has 4 aromatic rings. The first-order valence-electron chi connectivity index (χ1n) is 23.8. The summed E-state index contributed by atoms with van der Waals surface area (Å²) in [7, 11) is 0.644. The van der Waals surface area contributed by atoms with Crippen LogP contribution in [0.1, 0.15) is 96.2 Å². The molecule has 0 unspecified atom stereocenters. The van der Waals surface area contributed by atoms with E-state index in [0.717, 1.165) is 44.5 Å². The van der Waals surface area contributed by atoms with Crippen LogP contribution in [0.3, 0.4) is 0 Å². The van der Waals surface area contributed by atoms with Crippen molar-refractivity contribution in [1.29, 1.82) is 0 Å². The molecule has 3 aliphatic heterocycles. The molecule has 0 saturated carbocycles. The Labute approximate surface area is 401 Å². The van der Waals surface area contributed by atoms with Crippen LogP contribution in [0, 0.1) is 16.7 Å². The summed E-state index contributed by atoms with van der Waals surface area (Å²) in [6.07, 6.45) is 4.62. The molecule has 0 spiro atoms. The van der Waals surface area contributed by atoms with E-state index < -0.39 is 50.4 Å². The highest BCUT2D eigenvalue weighted by Gasteiger charge is 2.46. The molecule has 4 atom stereocenters. The van der Waals surface area contributed by atoms with E-state index in [1.165, 1.54) is 16.0 Å². The van der Waals surface area contributed by atoms with Crippen molar-refractivity contribution in [3.8, 4) is 22.4 Å². The molecule has 1 radical (unpaired) electrons. The number of hydrazine groups is 1. The Kier molecular flexibility index (Phi) is 15.1. The third kappa shape index (κ3) is 10.2. The van der Waals surface area contributed by atoms with Crippen molar-refractivity contribution in [3.63, 3.8) is 0 Å². The molecule has 2 aromatic heterocycles. The van der Waals surface area contributed by atoms with Gasteiger partial charge in [-0.15, -0.1) is 0 Å². The number of carbonyl (C=O) groups is 5. The summed E-state index contributed by atoms with van der Waals surface area (Å²) in [6.45, 7) is 18.2. The summed E-state index contributed by atoms with van der Waals surface area (Å²) in [5.74, 6) is -1.88. The Morgan fingerprint density at radius 2 is 1.87 bits per heavy atom. The Bertz CT molecular complexity index is 2600. The van der Waals surface area contributed by atoms with Gasteiger partial charge >= 0.3 is 5.97 Å². The number of amides is 4. The number of nitrogens with one attached hydrogen (secondary N) is 2. The fraction of sp³-hybridized carbons (Fsp3) is 0.500. The van der Waals surface area contributed by atoms with E-state index in [1.807, 2.05) is 45.0 Å². The lowest BCUT2D eigenvalue weighted by Crippen LogP contribution is -2.64. The molecule has 0 aliphatic carbocycles. The Hall–Kier alpha value is -5.71. The highest BCUT2D eigenvalue weighted by atomic mass is 28.3. The van der Waals surface area contributed by atoms with Gasteiger partial charge in [0.1, 0.15) is 18.8 Å². The minimum atomic E-state index is -2.62. The second kappa shape index (κ2) is 20.5. The minimum absolute atomic E-state index is 0.0850. The van der Waals surface area contributed by atoms with Crippen LogP contribution in [0.2, 0.25) is 0 Å². The van der Waals surface area contributed by atoms with E-state index in [9.17, 15) is 28.4 Å². The fourth-order valence-electron chi connectivity index (χ4n) is 10.3. The Morgan fingerprint density at radius 1 is 1.10 bits per heavy atom. The average Bonchev–Trinajstić information content (AvgIpc) is 3.88. The van der Waals surface area contributed by atoms with Gasteiger partial charge in [-0.25, -0.2) is 9.82 Å². The van der Waals surface area contributed by atoms with Crippen LogP contribution in [0.4, 0.5) is 9.18 Å². The van der Waals surface area contributed by atoms with E-state index in [2.05, 4.69) is 60.5 Å². The van der Waals surface area contributed by atoms with Crippen LogP contribution in [0.15, 0.2) is 67.4 Å². The lowest BCUT2D eigenvalue weighted by molar-refractivity contribution is -0.151. The van der Waals surface area contributed by atoms with Gasteiger partial charge in [-0.1, -0.05) is 52.5 Å². The quantitative estimate of drug-likeness (QED) is 0.0886. The maximum absolute atomic E-state index is 15.0. The Morgan fingerprint density at radius 3 is 2.56 bits per heavy atom. The first-order valence-corrected chi connectivity index (χ1v) is 25.5. The number of likely N-dealkylation sites (tertiary alicyclic amines) is 1. The second-order valence-electron chi connectivity index (χ2n) is 20.0. The van der Waals surface area contributed by atoms with Gasteiger partial charge in [0.05, 0.1) is 29.5 Å². The van der Waals surface area contributed by atoms with Crippen molar-refractivity contribution >= 4 is 49.1 Å². The largest absolute Gasteiger partial charge is 0.464 e. The maximum Gasteiger partial charge on any atom is 0.324 e. The fourth-order valence-corrected chi connectivity index (χ4v) is 12.2. The molecule has 6 bridgehead atoms. The van der Waals surface area contributed by atoms with Crippen LogP contribution < -0.4 is 10.4 Å². The number of hydrogen-bond acceptors (Lipinski definition) is 9. The van der Waals surface area contributed by atoms with Crippen molar-refractivity contribution < 1.29 is 37.8 Å². The van der Waals surface area contributed by atoms with Gasteiger partial charge in [0.2, 0.25) is 23.3 Å². The molecule has 363 valence electrons. The van der Waals surface area contributed by atoms with E-state index in [1.54, 1.807) is 38.2 Å². The molecule has 5 heterocycles. The zero-order valence-corrected chi connectivity index (χ0v) is 42.0. The van der Waals surface area contributed by atoms with Gasteiger partial charge in [-0.3, -0.25) is 34.0 Å². The summed E-state index contributed by atoms with van der Waals surface area (Å²) in [5.41, 5.74) is 8.76. The number of alkyl halides is 1. The van der Waals surface area contributed by atoms with Gasteiger partial charge in [-0.2, -0.15) is 0 Å². The van der Waals surface area contributed by atoms with E-state index in [0.29, 0.717) is 49.9 Å². The molecule has 2 N–H and O–H groups in total. The second-order valence-corrected chi connectivity index (χ2v) is 22.0. The number of methoxy groups -OCH3 is 1. The molecule has 7 rings (SSSR count). The number of likely N-dealkylation sites (N-methyl/N-ethyl adjacent to an activating group) is 1. The molecular formula is C52H67FN7O7Si. The number of ether oxygens (including phenoxy) is 2. The number of hydrogen-bond donors (Lipinski definition) is 2. The van der Waals surface area contributed by atoms with Crippen molar-refractivity contribution in [1.82, 2.24) is 34.8 Å². The number of carbonyl (C=O) groups excluding carboxylic acids is 5. The van der Waals surface area contributed by atoms with Gasteiger partial charge in [-0.05, 0) is 123 Å². The lowest BCUT2D eigenvalue weighted by atomic mass is 9.84. The smallest absolute Gasteiger partial charge is 0.324 e. The van der Waals surface area contributed by atoms with Crippen molar-refractivity contribution in [3.05, 3.63) is 89.8 Å². The number of fused-ring (bicyclic) bond motifs is 6. The third-order valence-electron chi connectivity index (χ3n) is 13.9. The molecule has 4 amide bonds. The molecular weight excluding hydrogens is 882 g/mol. The summed E-state index contributed by atoms with van der Waals surface area (Å²) in [6, 6.07) is 14.1. The van der Waals surface area contributed by atoms with Gasteiger partial charge in [0, 0.05) is 68.4 Å². The summed E-state index contributed by atoms with van der Waals surface area (Å²) in [4.78, 5) is 81.2. The number of halogens is 1. The first kappa shape index (κ1) is 50.2. The zero-order valence-electron chi connectivity index (χ0n) is 41.0. The van der Waals surface area contributed by atoms with Crippen LogP contribution in [0.5, 0.6) is 0 Å². The Balaban J connectivity index is 1.33. The predicted molar refractivity (Wildman–Crippen MR) is 262 cm³/mol. The van der Waals surface area contributed by atoms with Crippen LogP contribution >= 0.6 is 0 Å². The number of aromatic nitrogens is 2. The predicted octanol–water partition coefficient (Wildman–Crippen LogP) is 7.46. The van der Waals surface area contributed by atoms with E-state index in [4.69, 9.17) is 14.5 Å². The summed E-state index contributed by atoms with van der Waals surface area (Å²) < 4.78 is 29.2. The normalized spacial score (nSPS) is 21.0. The van der Waals surface area contributed by atoms with Crippen LogP contribution in [-0.2, 0) is 54.3 Å². The SMILES string of the molecule is C=CC(=O)N1CC[C@@](C)(C(=O)N(C)[C@H](C(=O)N[Si]2Cc3cc(CF)cc(c3)-c3ccc4c(c3)c(c(-c3cccnc3[C@H](C)OC)n4CC)CC(C)(C)COC(=O)[C@@H]3CCCN(N3)C2=O)C(C)C)C1. The topological polar surface area (TPSA) is 155 Å². The highest BCUT2D eigenvalue weighted by Crippen LogP contribution is 2.42. The molecule has 14 nitrogen and oxygen atoms in total. The monoisotopic (exact) mass is 948 g/mol. The zero-order chi connectivity index (χ0) is 49.2. The van der Waals surface area contributed by atoms with Crippen molar-refractivity contribution in [2.45, 2.75) is 112 Å². The summed E-state index contributed by atoms with van der Waals surface area (Å²) in [5, 5.41) is 2.42. The lowest BCUT2D eigenvalue weighted by Gasteiger charge is -2.37. The molecule has 2 fully saturated rings. The van der Waals surface area contributed by atoms with E-state index >= 15 is 0 Å². The number of aryl methyl sites for hydroxylation is 1. The molecule has 3 aliphatic rings. The molecule has 16 heteroatoms. The van der Waals surface area contributed by atoms with Gasteiger partial charge < -0.3 is 28.8 Å². The summed E-state index contributed by atoms with van der Waals surface area (Å²) >= 11 is 0. The van der Waals surface area contributed by atoms with Crippen molar-refractivity contribution in [2.24, 2.45) is 16.7 Å². The van der Waals surface area contributed by atoms with Crippen LogP contribution in [-0.4, -0.2) is 115 Å². The van der Waals surface area contributed by atoms with Gasteiger partial charge in [0.25, 0.3) is 8.96 Å². The number of pyridine rings is 1.